The van der Waals surface area contributed by atoms with Crippen molar-refractivity contribution in [3.05, 3.63) is 24.3 Å². The van der Waals surface area contributed by atoms with Gasteiger partial charge in [0.25, 0.3) is 0 Å². The quantitative estimate of drug-likeness (QED) is 0.670. The summed E-state index contributed by atoms with van der Waals surface area (Å²) in [6.45, 7) is 10.4. The number of aromatic nitrogens is 2. The molecule has 4 rings (SSSR count). The summed E-state index contributed by atoms with van der Waals surface area (Å²) in [7, 11) is 0. The van der Waals surface area contributed by atoms with E-state index in [1.54, 1.807) is 0 Å². The number of para-hydroxylation sites is 1. The highest BCUT2D eigenvalue weighted by molar-refractivity contribution is 5.90. The third-order valence-electron chi connectivity index (χ3n) is 7.00. The van der Waals surface area contributed by atoms with Crippen molar-refractivity contribution in [2.24, 2.45) is 5.92 Å². The largest absolute Gasteiger partial charge is 0.356 e. The Balaban J connectivity index is 1.52. The van der Waals surface area contributed by atoms with Crippen molar-refractivity contribution in [1.29, 1.82) is 0 Å². The molecular formula is C25H39N5. The van der Waals surface area contributed by atoms with E-state index in [2.05, 4.69) is 53.2 Å². The Bertz CT molecular complexity index is 795. The van der Waals surface area contributed by atoms with Gasteiger partial charge in [0.05, 0.1) is 5.52 Å². The van der Waals surface area contributed by atoms with Crippen LogP contribution in [0.5, 0.6) is 0 Å². The zero-order valence-corrected chi connectivity index (χ0v) is 18.9. The summed E-state index contributed by atoms with van der Waals surface area (Å²) in [6, 6.07) is 8.94. The number of likely N-dealkylation sites (tertiary alicyclic amines) is 1. The van der Waals surface area contributed by atoms with Gasteiger partial charge in [0.15, 0.2) is 0 Å². The Kier molecular flexibility index (Phi) is 7.42. The van der Waals surface area contributed by atoms with Gasteiger partial charge in [-0.1, -0.05) is 51.7 Å². The second-order valence-corrected chi connectivity index (χ2v) is 9.21. The molecule has 2 saturated heterocycles. The molecule has 5 nitrogen and oxygen atoms in total. The van der Waals surface area contributed by atoms with Gasteiger partial charge in [0.1, 0.15) is 5.82 Å². The predicted octanol–water partition coefficient (Wildman–Crippen LogP) is 5.32. The molecule has 164 valence electrons. The number of piperidine rings is 1. The van der Waals surface area contributed by atoms with Gasteiger partial charge in [-0.3, -0.25) is 0 Å². The standard InChI is InChI=1S/C25H39N5/c1-3-20(4-2)18-29-15-11-12-21(19-29)26-25-27-23-14-8-7-13-22(23)24(28-25)30-16-9-5-6-10-17-30/h7-8,13-14,20-21H,3-6,9-12,15-19H2,1-2H3,(H,26,27,28)/t21-/m0/s1. The Labute approximate surface area is 182 Å². The van der Waals surface area contributed by atoms with Crippen LogP contribution in [-0.2, 0) is 0 Å². The minimum absolute atomic E-state index is 0.436. The van der Waals surface area contributed by atoms with E-state index >= 15 is 0 Å². The van der Waals surface area contributed by atoms with Crippen LogP contribution in [0.3, 0.4) is 0 Å². The fourth-order valence-electron chi connectivity index (χ4n) is 5.08. The van der Waals surface area contributed by atoms with Crippen molar-refractivity contribution in [2.75, 3.05) is 42.9 Å². The lowest BCUT2D eigenvalue weighted by molar-refractivity contribution is 0.181. The van der Waals surface area contributed by atoms with E-state index in [9.17, 15) is 0 Å². The summed E-state index contributed by atoms with van der Waals surface area (Å²) < 4.78 is 0. The van der Waals surface area contributed by atoms with Gasteiger partial charge in [-0.05, 0) is 50.3 Å². The first-order valence-corrected chi connectivity index (χ1v) is 12.3. The summed E-state index contributed by atoms with van der Waals surface area (Å²) in [5, 5.41) is 4.90. The van der Waals surface area contributed by atoms with Gasteiger partial charge in [-0.2, -0.15) is 4.98 Å². The fourth-order valence-corrected chi connectivity index (χ4v) is 5.08. The molecule has 0 radical (unpaired) electrons. The molecular weight excluding hydrogens is 370 g/mol. The van der Waals surface area contributed by atoms with Crippen LogP contribution >= 0.6 is 0 Å². The summed E-state index contributed by atoms with van der Waals surface area (Å²) in [5.41, 5.74) is 1.05. The minimum atomic E-state index is 0.436. The van der Waals surface area contributed by atoms with Crippen molar-refractivity contribution < 1.29 is 0 Å². The van der Waals surface area contributed by atoms with Crippen molar-refractivity contribution in [2.45, 2.75) is 71.3 Å². The normalized spacial score (nSPS) is 21.2. The number of hydrogen-bond acceptors (Lipinski definition) is 5. The van der Waals surface area contributed by atoms with Crippen molar-refractivity contribution in [3.8, 4) is 0 Å². The molecule has 2 aromatic rings. The molecule has 1 N–H and O–H groups in total. The average molecular weight is 410 g/mol. The van der Waals surface area contributed by atoms with Crippen LogP contribution in [0, 0.1) is 5.92 Å². The fraction of sp³-hybridized carbons (Fsp3) is 0.680. The lowest BCUT2D eigenvalue weighted by atomic mass is 9.99. The molecule has 2 fully saturated rings. The molecule has 0 amide bonds. The second kappa shape index (κ2) is 10.4. The smallest absolute Gasteiger partial charge is 0.225 e. The molecule has 30 heavy (non-hydrogen) atoms. The van der Waals surface area contributed by atoms with E-state index in [0.29, 0.717) is 6.04 Å². The summed E-state index contributed by atoms with van der Waals surface area (Å²) >= 11 is 0. The zero-order valence-electron chi connectivity index (χ0n) is 18.9. The number of anilines is 2. The second-order valence-electron chi connectivity index (χ2n) is 9.21. The maximum absolute atomic E-state index is 5.06. The lowest BCUT2D eigenvalue weighted by Gasteiger charge is -2.35. The van der Waals surface area contributed by atoms with Gasteiger partial charge in [-0.25, -0.2) is 4.98 Å². The van der Waals surface area contributed by atoms with Crippen LogP contribution in [0.2, 0.25) is 0 Å². The average Bonchev–Trinajstić information content (AvgIpc) is 3.07. The Morgan fingerprint density at radius 3 is 2.50 bits per heavy atom. The molecule has 1 atom stereocenters. The Morgan fingerprint density at radius 2 is 1.73 bits per heavy atom. The molecule has 1 aromatic carbocycles. The first-order valence-electron chi connectivity index (χ1n) is 12.3. The highest BCUT2D eigenvalue weighted by Gasteiger charge is 2.23. The van der Waals surface area contributed by atoms with Crippen LogP contribution in [0.25, 0.3) is 10.9 Å². The summed E-state index contributed by atoms with van der Waals surface area (Å²) in [5.74, 6) is 2.74. The molecule has 0 saturated carbocycles. The molecule has 0 aliphatic carbocycles. The molecule has 0 unspecified atom stereocenters. The molecule has 0 bridgehead atoms. The maximum Gasteiger partial charge on any atom is 0.225 e. The summed E-state index contributed by atoms with van der Waals surface area (Å²) in [4.78, 5) is 15.1. The zero-order chi connectivity index (χ0) is 20.8. The van der Waals surface area contributed by atoms with Gasteiger partial charge < -0.3 is 15.1 Å². The van der Waals surface area contributed by atoms with Gasteiger partial charge in [-0.15, -0.1) is 0 Å². The third-order valence-corrected chi connectivity index (χ3v) is 7.00. The number of rotatable bonds is 7. The van der Waals surface area contributed by atoms with E-state index in [1.165, 1.54) is 69.8 Å². The highest BCUT2D eigenvalue weighted by Crippen LogP contribution is 2.28. The molecule has 2 aliphatic heterocycles. The highest BCUT2D eigenvalue weighted by atomic mass is 15.2. The predicted molar refractivity (Wildman–Crippen MR) is 127 cm³/mol. The van der Waals surface area contributed by atoms with Crippen molar-refractivity contribution in [3.63, 3.8) is 0 Å². The Hall–Kier alpha value is -1.88. The van der Waals surface area contributed by atoms with Gasteiger partial charge >= 0.3 is 0 Å². The van der Waals surface area contributed by atoms with E-state index < -0.39 is 0 Å². The van der Waals surface area contributed by atoms with E-state index in [1.807, 2.05) is 0 Å². The SMILES string of the molecule is CCC(CC)CN1CCC[C@H](Nc2nc(N3CCCCCC3)c3ccccc3n2)C1. The van der Waals surface area contributed by atoms with Crippen LogP contribution < -0.4 is 10.2 Å². The van der Waals surface area contributed by atoms with E-state index in [-0.39, 0.29) is 0 Å². The lowest BCUT2D eigenvalue weighted by Crippen LogP contribution is -2.44. The van der Waals surface area contributed by atoms with Gasteiger partial charge in [0.2, 0.25) is 5.95 Å². The third kappa shape index (κ3) is 5.23. The van der Waals surface area contributed by atoms with E-state index in [4.69, 9.17) is 9.97 Å². The molecule has 5 heteroatoms. The number of hydrogen-bond donors (Lipinski definition) is 1. The van der Waals surface area contributed by atoms with Crippen molar-refractivity contribution >= 4 is 22.7 Å². The van der Waals surface area contributed by atoms with Crippen LogP contribution in [0.1, 0.15) is 65.2 Å². The molecule has 0 spiro atoms. The number of nitrogens with one attached hydrogen (secondary N) is 1. The topological polar surface area (TPSA) is 44.3 Å². The van der Waals surface area contributed by atoms with Gasteiger partial charge in [0, 0.05) is 37.6 Å². The Morgan fingerprint density at radius 1 is 0.967 bits per heavy atom. The monoisotopic (exact) mass is 409 g/mol. The first-order chi connectivity index (χ1) is 14.8. The summed E-state index contributed by atoms with van der Waals surface area (Å²) in [6.07, 6.45) is 10.2. The first kappa shape index (κ1) is 21.4. The van der Waals surface area contributed by atoms with E-state index in [0.717, 1.165) is 42.8 Å². The van der Waals surface area contributed by atoms with Crippen LogP contribution in [-0.4, -0.2) is 53.6 Å². The molecule has 1 aromatic heterocycles. The molecule has 2 aliphatic rings. The maximum atomic E-state index is 5.06. The van der Waals surface area contributed by atoms with Crippen LogP contribution in [0.4, 0.5) is 11.8 Å². The van der Waals surface area contributed by atoms with Crippen molar-refractivity contribution in [1.82, 2.24) is 14.9 Å². The van der Waals surface area contributed by atoms with Crippen LogP contribution in [0.15, 0.2) is 24.3 Å². The number of benzene rings is 1. The number of fused-ring (bicyclic) bond motifs is 1. The minimum Gasteiger partial charge on any atom is -0.356 e. The number of nitrogens with zero attached hydrogens (tertiary/aromatic N) is 4. The molecule has 3 heterocycles.